The van der Waals surface area contributed by atoms with E-state index in [0.717, 1.165) is 0 Å². The lowest BCUT2D eigenvalue weighted by molar-refractivity contribution is 0.0464. The molecule has 0 fully saturated rings. The summed E-state index contributed by atoms with van der Waals surface area (Å²) >= 11 is 0. The van der Waals surface area contributed by atoms with Crippen molar-refractivity contribution in [3.8, 4) is 17.2 Å². The Balaban J connectivity index is 1.79. The van der Waals surface area contributed by atoms with Crippen LogP contribution < -0.4 is 4.74 Å². The Labute approximate surface area is 263 Å². The minimum atomic E-state index is -1.22. The van der Waals surface area contributed by atoms with Crippen molar-refractivity contribution in [2.45, 2.75) is 13.5 Å². The number of ether oxygens (including phenoxy) is 2. The van der Waals surface area contributed by atoms with Crippen LogP contribution in [0.1, 0.15) is 75.4 Å². The fourth-order valence-electron chi connectivity index (χ4n) is 4.72. The van der Waals surface area contributed by atoms with Crippen LogP contribution in [0.25, 0.3) is 0 Å². The zero-order chi connectivity index (χ0) is 32.8. The van der Waals surface area contributed by atoms with Crippen LogP contribution in [0, 0.1) is 0 Å². The molecule has 0 radical (unpaired) electrons. The lowest BCUT2D eigenvalue weighted by atomic mass is 9.88. The van der Waals surface area contributed by atoms with Crippen molar-refractivity contribution in [1.29, 1.82) is 0 Å². The second kappa shape index (κ2) is 13.5. The van der Waals surface area contributed by atoms with Gasteiger partial charge >= 0.3 is 11.9 Å². The van der Waals surface area contributed by atoms with E-state index in [0.29, 0.717) is 5.56 Å². The number of aromatic hydroxyl groups is 2. The maximum absolute atomic E-state index is 14.3. The number of carbonyl (C=O) groups is 5. The Morgan fingerprint density at radius 1 is 0.543 bits per heavy atom. The Morgan fingerprint density at radius 3 is 1.67 bits per heavy atom. The molecular weight excluding hydrogens is 588 g/mol. The molecule has 0 unspecified atom stereocenters. The highest BCUT2D eigenvalue weighted by atomic mass is 16.5. The zero-order valence-corrected chi connectivity index (χ0v) is 24.4. The van der Waals surface area contributed by atoms with Crippen LogP contribution in [0.15, 0.2) is 115 Å². The summed E-state index contributed by atoms with van der Waals surface area (Å²) in [4.78, 5) is 67.5. The number of hydrogen-bond donors (Lipinski definition) is 2. The van der Waals surface area contributed by atoms with Gasteiger partial charge in [0.2, 0.25) is 5.75 Å². The molecule has 5 aromatic carbocycles. The van der Waals surface area contributed by atoms with Gasteiger partial charge < -0.3 is 19.7 Å². The first-order valence-corrected chi connectivity index (χ1v) is 14.0. The maximum atomic E-state index is 14.3. The van der Waals surface area contributed by atoms with Gasteiger partial charge in [-0.25, -0.2) is 9.59 Å². The number of benzene rings is 5. The third kappa shape index (κ3) is 6.44. The van der Waals surface area contributed by atoms with E-state index < -0.39 is 57.4 Å². The zero-order valence-electron chi connectivity index (χ0n) is 24.4. The molecular formula is C37H26O9. The molecule has 5 aromatic rings. The third-order valence-corrected chi connectivity index (χ3v) is 7.05. The maximum Gasteiger partial charge on any atom is 0.343 e. The van der Waals surface area contributed by atoms with E-state index >= 15 is 0 Å². The largest absolute Gasteiger partial charge is 0.504 e. The van der Waals surface area contributed by atoms with Crippen molar-refractivity contribution in [2.24, 2.45) is 0 Å². The summed E-state index contributed by atoms with van der Waals surface area (Å²) in [6.07, 6.45) is 0. The van der Waals surface area contributed by atoms with Gasteiger partial charge in [0.1, 0.15) is 6.61 Å². The summed E-state index contributed by atoms with van der Waals surface area (Å²) in [5.74, 6) is -7.65. The fraction of sp³-hybridized carbons (Fsp3) is 0.0541. The number of ketones is 3. The van der Waals surface area contributed by atoms with Crippen LogP contribution in [0.3, 0.4) is 0 Å². The average molecular weight is 615 g/mol. The second-order valence-corrected chi connectivity index (χ2v) is 10.1. The van der Waals surface area contributed by atoms with E-state index in [9.17, 15) is 34.2 Å². The van der Waals surface area contributed by atoms with Crippen molar-refractivity contribution in [3.63, 3.8) is 0 Å². The van der Waals surface area contributed by atoms with Gasteiger partial charge in [-0.3, -0.25) is 14.4 Å². The molecule has 0 aliphatic heterocycles. The molecule has 5 rings (SSSR count). The molecule has 0 amide bonds. The lowest BCUT2D eigenvalue weighted by Crippen LogP contribution is -2.21. The van der Waals surface area contributed by atoms with E-state index in [1.54, 1.807) is 66.7 Å². The van der Waals surface area contributed by atoms with Gasteiger partial charge in [-0.2, -0.15) is 0 Å². The third-order valence-electron chi connectivity index (χ3n) is 7.05. The minimum absolute atomic E-state index is 0.0142. The van der Waals surface area contributed by atoms with Crippen LogP contribution in [0.4, 0.5) is 0 Å². The van der Waals surface area contributed by atoms with E-state index in [-0.39, 0.29) is 34.6 Å². The molecule has 0 atom stereocenters. The lowest BCUT2D eigenvalue weighted by Gasteiger charge is -2.20. The summed E-state index contributed by atoms with van der Waals surface area (Å²) in [7, 11) is 0. The van der Waals surface area contributed by atoms with Crippen LogP contribution in [0.2, 0.25) is 0 Å². The summed E-state index contributed by atoms with van der Waals surface area (Å²) in [6, 6.07) is 29.3. The van der Waals surface area contributed by atoms with Crippen molar-refractivity contribution >= 4 is 29.3 Å². The standard InChI is InChI=1S/C37H26O9/c1-22(38)26-18-11-19-27(20-26)32(40)30-28(37(44)45-21-23-12-5-2-6-13-23)29(31(39)24-14-7-3-8-15-24)33(41)34(42)35(30)46-36(43)25-16-9-4-10-17-25/h2-20,41-42H,21H2,1H3. The molecule has 228 valence electrons. The highest BCUT2D eigenvalue weighted by Gasteiger charge is 2.37. The smallest absolute Gasteiger partial charge is 0.343 e. The molecule has 9 nitrogen and oxygen atoms in total. The van der Waals surface area contributed by atoms with E-state index in [1.165, 1.54) is 55.5 Å². The van der Waals surface area contributed by atoms with Crippen molar-refractivity contribution in [2.75, 3.05) is 0 Å². The highest BCUT2D eigenvalue weighted by Crippen LogP contribution is 2.46. The molecule has 2 N–H and O–H groups in total. The Hall–Kier alpha value is -6.35. The molecule has 0 saturated carbocycles. The quantitative estimate of drug-likeness (QED) is 0.0797. The summed E-state index contributed by atoms with van der Waals surface area (Å²) < 4.78 is 11.0. The number of esters is 2. The van der Waals surface area contributed by atoms with Crippen LogP contribution >= 0.6 is 0 Å². The molecule has 0 aromatic heterocycles. The first kappa shape index (κ1) is 31.1. The predicted octanol–water partition coefficient (Wildman–Crippen LogP) is 6.34. The number of phenols is 2. The second-order valence-electron chi connectivity index (χ2n) is 10.1. The number of phenolic OH excluding ortho intramolecular Hbond substituents is 2. The van der Waals surface area contributed by atoms with Crippen molar-refractivity contribution in [3.05, 3.63) is 160 Å². The average Bonchev–Trinajstić information content (AvgIpc) is 3.09. The Morgan fingerprint density at radius 2 is 1.07 bits per heavy atom. The Kier molecular flexibility index (Phi) is 9.14. The highest BCUT2D eigenvalue weighted by molar-refractivity contribution is 6.24. The molecule has 0 spiro atoms. The number of rotatable bonds is 10. The van der Waals surface area contributed by atoms with Crippen LogP contribution in [0.5, 0.6) is 17.2 Å². The van der Waals surface area contributed by atoms with Crippen molar-refractivity contribution < 1.29 is 43.7 Å². The van der Waals surface area contributed by atoms with E-state index in [4.69, 9.17) is 9.47 Å². The molecule has 0 saturated heterocycles. The normalized spacial score (nSPS) is 10.5. The first-order valence-electron chi connectivity index (χ1n) is 14.0. The minimum Gasteiger partial charge on any atom is -0.504 e. The molecule has 9 heteroatoms. The molecule has 0 bridgehead atoms. The monoisotopic (exact) mass is 614 g/mol. The molecule has 0 heterocycles. The van der Waals surface area contributed by atoms with Gasteiger partial charge in [-0.15, -0.1) is 0 Å². The number of hydrogen-bond acceptors (Lipinski definition) is 9. The van der Waals surface area contributed by atoms with Crippen LogP contribution in [-0.2, 0) is 11.3 Å². The number of Topliss-reactive ketones (excluding diaryl/α,β-unsaturated/α-hetero) is 1. The SMILES string of the molecule is CC(=O)c1cccc(C(=O)c2c(OC(=O)c3ccccc3)c(O)c(O)c(C(=O)c3ccccc3)c2C(=O)OCc2ccccc2)c1. The van der Waals surface area contributed by atoms with Gasteiger partial charge in [-0.05, 0) is 30.7 Å². The van der Waals surface area contributed by atoms with Gasteiger partial charge in [0.25, 0.3) is 0 Å². The predicted molar refractivity (Wildman–Crippen MR) is 166 cm³/mol. The first-order chi connectivity index (χ1) is 22.2. The van der Waals surface area contributed by atoms with Gasteiger partial charge in [-0.1, -0.05) is 97.1 Å². The summed E-state index contributed by atoms with van der Waals surface area (Å²) in [5.41, 5.74) is -1.57. The molecule has 0 aliphatic rings. The van der Waals surface area contributed by atoms with E-state index in [2.05, 4.69) is 0 Å². The summed E-state index contributed by atoms with van der Waals surface area (Å²) in [5, 5.41) is 22.5. The Bertz CT molecular complexity index is 1970. The van der Waals surface area contributed by atoms with E-state index in [1.807, 2.05) is 0 Å². The molecule has 0 aliphatic carbocycles. The van der Waals surface area contributed by atoms with Gasteiger partial charge in [0, 0.05) is 16.7 Å². The topological polar surface area (TPSA) is 144 Å². The van der Waals surface area contributed by atoms with Crippen LogP contribution in [-0.4, -0.2) is 39.5 Å². The fourth-order valence-corrected chi connectivity index (χ4v) is 4.72. The van der Waals surface area contributed by atoms with Gasteiger partial charge in [0.15, 0.2) is 28.8 Å². The van der Waals surface area contributed by atoms with Crippen molar-refractivity contribution in [1.82, 2.24) is 0 Å². The number of carbonyl (C=O) groups excluding carboxylic acids is 5. The van der Waals surface area contributed by atoms with Gasteiger partial charge in [0.05, 0.1) is 22.3 Å². The summed E-state index contributed by atoms with van der Waals surface area (Å²) in [6.45, 7) is 1.01. The molecule has 46 heavy (non-hydrogen) atoms.